The maximum atomic E-state index is 12.5. The number of carbonyl (C=O) groups is 2. The van der Waals surface area contributed by atoms with E-state index in [4.69, 9.17) is 19.2 Å². The second-order valence-corrected chi connectivity index (χ2v) is 8.54. The van der Waals surface area contributed by atoms with Gasteiger partial charge in [0.2, 0.25) is 6.10 Å². The van der Waals surface area contributed by atoms with E-state index in [0.29, 0.717) is 5.56 Å². The van der Waals surface area contributed by atoms with Crippen LogP contribution in [-0.2, 0) is 40.0 Å². The number of rotatable bonds is 12. The Morgan fingerprint density at radius 1 is 1.38 bits per heavy atom. The van der Waals surface area contributed by atoms with Gasteiger partial charge in [-0.05, 0) is 18.0 Å². The molecule has 12 heteroatoms. The minimum absolute atomic E-state index is 0.0131. The molecule has 0 aliphatic rings. The van der Waals surface area contributed by atoms with E-state index >= 15 is 0 Å². The summed E-state index contributed by atoms with van der Waals surface area (Å²) < 4.78 is 39.2. The monoisotopic (exact) mass is 428 g/mol. The van der Waals surface area contributed by atoms with Gasteiger partial charge in [0.25, 0.3) is 10.1 Å². The van der Waals surface area contributed by atoms with E-state index in [0.717, 1.165) is 6.92 Å². The predicted octanol–water partition coefficient (Wildman–Crippen LogP) is 2.13. The predicted molar refractivity (Wildman–Crippen MR) is 102 cm³/mol. The maximum Gasteiger partial charge on any atom is 0.348 e. The van der Waals surface area contributed by atoms with Crippen molar-refractivity contribution in [2.24, 2.45) is 10.5 Å². The van der Waals surface area contributed by atoms with Crippen molar-refractivity contribution in [3.05, 3.63) is 40.5 Å². The van der Waals surface area contributed by atoms with Crippen molar-refractivity contribution in [3.8, 4) is 0 Å². The van der Waals surface area contributed by atoms with E-state index < -0.39 is 40.2 Å². The number of hydrogen-bond acceptors (Lipinski definition) is 9. The highest BCUT2D eigenvalue weighted by molar-refractivity contribution is 7.86. The number of esters is 2. The summed E-state index contributed by atoms with van der Waals surface area (Å²) in [5.74, 6) is -1.91. The van der Waals surface area contributed by atoms with Crippen molar-refractivity contribution in [2.45, 2.75) is 39.9 Å². The first-order valence-electron chi connectivity index (χ1n) is 8.68. The molecule has 0 spiro atoms. The molecule has 0 saturated carbocycles. The van der Waals surface area contributed by atoms with E-state index in [2.05, 4.69) is 15.0 Å². The molecule has 11 nitrogen and oxygen atoms in total. The zero-order valence-corrected chi connectivity index (χ0v) is 17.3. The topological polar surface area (TPSA) is 158 Å². The Kier molecular flexibility index (Phi) is 9.53. The van der Waals surface area contributed by atoms with Crippen LogP contribution < -0.4 is 0 Å². The van der Waals surface area contributed by atoms with Gasteiger partial charge in [-0.3, -0.25) is 14.0 Å². The minimum Gasteiger partial charge on any atom is -0.458 e. The van der Waals surface area contributed by atoms with Crippen LogP contribution in [0.5, 0.6) is 0 Å². The number of pyridine rings is 1. The molecule has 0 fully saturated rings. The lowest BCUT2D eigenvalue weighted by Gasteiger charge is -2.31. The number of carbonyl (C=O) groups excluding carboxylic acids is 2. The summed E-state index contributed by atoms with van der Waals surface area (Å²) in [5.41, 5.74) is 7.64. The average Bonchev–Trinajstić information content (AvgIpc) is 2.67. The third-order valence-corrected chi connectivity index (χ3v) is 4.90. The molecule has 1 heterocycles. The molecule has 0 radical (unpaired) electrons. The Morgan fingerprint density at radius 3 is 2.69 bits per heavy atom. The van der Waals surface area contributed by atoms with Crippen LogP contribution in [0.2, 0.25) is 0 Å². The van der Waals surface area contributed by atoms with E-state index in [-0.39, 0.29) is 25.3 Å². The Balaban J connectivity index is 2.76. The van der Waals surface area contributed by atoms with Gasteiger partial charge in [0.05, 0.1) is 12.4 Å². The van der Waals surface area contributed by atoms with E-state index in [9.17, 15) is 18.0 Å². The summed E-state index contributed by atoms with van der Waals surface area (Å²) in [4.78, 5) is 30.4. The minimum atomic E-state index is -3.92. The van der Waals surface area contributed by atoms with Gasteiger partial charge >= 0.3 is 11.9 Å². The first-order valence-corrected chi connectivity index (χ1v) is 10.3. The molecule has 0 unspecified atom stereocenters. The Hall–Kier alpha value is -2.69. The lowest BCUT2D eigenvalue weighted by atomic mass is 9.87. The van der Waals surface area contributed by atoms with Crippen LogP contribution in [0.25, 0.3) is 10.4 Å². The fourth-order valence-corrected chi connectivity index (χ4v) is 3.22. The molecule has 1 aromatic rings. The molecule has 0 aromatic carbocycles. The van der Waals surface area contributed by atoms with Crippen LogP contribution in [0.1, 0.15) is 32.8 Å². The molecular formula is C17H24N4O7S. The number of azide groups is 1. The first-order chi connectivity index (χ1) is 13.6. The van der Waals surface area contributed by atoms with Crippen LogP contribution in [0.3, 0.4) is 0 Å². The van der Waals surface area contributed by atoms with Gasteiger partial charge in [0, 0.05) is 41.8 Å². The smallest absolute Gasteiger partial charge is 0.348 e. The number of ether oxygens (including phenoxy) is 2. The standard InChI is InChI=1S/C17H24N4O7S/c1-13(22)28-15(16(23)26-11-14-6-4-7-19-10-14)17(2,3)12-27-29(24,25)9-5-8-20-21-18/h4,6-7,10,15H,5,8-9,11-12H2,1-3H3/t15-/m0/s1. The molecule has 1 atom stereocenters. The second-order valence-electron chi connectivity index (χ2n) is 6.78. The summed E-state index contributed by atoms with van der Waals surface area (Å²) >= 11 is 0. The molecule has 1 rings (SSSR count). The SMILES string of the molecule is CC(=O)O[C@@H](C(=O)OCc1cccnc1)C(C)(C)COS(=O)(=O)CCCN=[N+]=[N-]. The fraction of sp³-hybridized carbons (Fsp3) is 0.588. The van der Waals surface area contributed by atoms with Crippen molar-refractivity contribution in [1.29, 1.82) is 0 Å². The maximum absolute atomic E-state index is 12.5. The highest BCUT2D eigenvalue weighted by atomic mass is 32.2. The van der Waals surface area contributed by atoms with Gasteiger partial charge in [0.15, 0.2) is 0 Å². The van der Waals surface area contributed by atoms with Crippen molar-refractivity contribution < 1.29 is 31.7 Å². The van der Waals surface area contributed by atoms with Crippen LogP contribution in [0.15, 0.2) is 29.6 Å². The molecule has 29 heavy (non-hydrogen) atoms. The summed E-state index contributed by atoms with van der Waals surface area (Å²) in [6.07, 6.45) is 1.80. The van der Waals surface area contributed by atoms with Gasteiger partial charge < -0.3 is 9.47 Å². The van der Waals surface area contributed by atoms with Crippen molar-refractivity contribution in [1.82, 2.24) is 4.98 Å². The molecule has 160 valence electrons. The zero-order valence-electron chi connectivity index (χ0n) is 16.5. The van der Waals surface area contributed by atoms with Crippen molar-refractivity contribution in [3.63, 3.8) is 0 Å². The summed E-state index contributed by atoms with van der Waals surface area (Å²) in [7, 11) is -3.92. The van der Waals surface area contributed by atoms with Crippen molar-refractivity contribution >= 4 is 22.1 Å². The zero-order chi connectivity index (χ0) is 21.9. The van der Waals surface area contributed by atoms with Crippen LogP contribution >= 0.6 is 0 Å². The Morgan fingerprint density at radius 2 is 2.10 bits per heavy atom. The lowest BCUT2D eigenvalue weighted by Crippen LogP contribution is -2.44. The molecule has 1 aromatic heterocycles. The molecule has 0 aliphatic heterocycles. The van der Waals surface area contributed by atoms with Gasteiger partial charge in [0.1, 0.15) is 6.61 Å². The molecule has 0 amide bonds. The summed E-state index contributed by atoms with van der Waals surface area (Å²) in [6.45, 7) is 3.67. The van der Waals surface area contributed by atoms with Gasteiger partial charge in [-0.15, -0.1) is 0 Å². The van der Waals surface area contributed by atoms with Crippen LogP contribution in [0.4, 0.5) is 0 Å². The average molecular weight is 428 g/mol. The van der Waals surface area contributed by atoms with Gasteiger partial charge in [-0.1, -0.05) is 25.0 Å². The molecule has 0 bridgehead atoms. The quantitative estimate of drug-likeness (QED) is 0.122. The highest BCUT2D eigenvalue weighted by Gasteiger charge is 2.41. The van der Waals surface area contributed by atoms with E-state index in [1.807, 2.05) is 0 Å². The van der Waals surface area contributed by atoms with Crippen LogP contribution in [0, 0.1) is 5.41 Å². The fourth-order valence-electron chi connectivity index (χ4n) is 2.14. The molecule has 0 N–H and O–H groups in total. The first kappa shape index (κ1) is 24.3. The normalized spacial score (nSPS) is 12.5. The van der Waals surface area contributed by atoms with Gasteiger partial charge in [-0.25, -0.2) is 4.79 Å². The highest BCUT2D eigenvalue weighted by Crippen LogP contribution is 2.26. The number of hydrogen-bond donors (Lipinski definition) is 0. The van der Waals surface area contributed by atoms with E-state index in [1.54, 1.807) is 18.3 Å². The second kappa shape index (κ2) is 11.3. The molecular weight excluding hydrogens is 404 g/mol. The summed E-state index contributed by atoms with van der Waals surface area (Å²) in [5, 5.41) is 3.25. The van der Waals surface area contributed by atoms with Crippen molar-refractivity contribution in [2.75, 3.05) is 18.9 Å². The third kappa shape index (κ3) is 9.37. The number of nitrogens with zero attached hydrogens (tertiary/aromatic N) is 4. The summed E-state index contributed by atoms with van der Waals surface area (Å²) in [6, 6.07) is 3.38. The molecule has 0 aliphatic carbocycles. The lowest BCUT2D eigenvalue weighted by molar-refractivity contribution is -0.177. The Bertz CT molecular complexity index is 837. The third-order valence-electron chi connectivity index (χ3n) is 3.64. The number of aromatic nitrogens is 1. The molecule has 0 saturated heterocycles. The van der Waals surface area contributed by atoms with Crippen LogP contribution in [-0.4, -0.2) is 50.3 Å². The van der Waals surface area contributed by atoms with E-state index in [1.165, 1.54) is 20.0 Å². The largest absolute Gasteiger partial charge is 0.458 e. The van der Waals surface area contributed by atoms with Gasteiger partial charge in [-0.2, -0.15) is 8.42 Å². The Labute approximate surface area is 169 Å².